The van der Waals surface area contributed by atoms with Gasteiger partial charge < -0.3 is 15.4 Å². The molecule has 0 aromatic carbocycles. The molecule has 0 aliphatic heterocycles. The highest BCUT2D eigenvalue weighted by molar-refractivity contribution is 4.84. The summed E-state index contributed by atoms with van der Waals surface area (Å²) in [5.41, 5.74) is 6.11. The second-order valence-electron chi connectivity index (χ2n) is 4.34. The van der Waals surface area contributed by atoms with Gasteiger partial charge in [-0.15, -0.1) is 0 Å². The van der Waals surface area contributed by atoms with Crippen molar-refractivity contribution < 1.29 is 4.74 Å². The summed E-state index contributed by atoms with van der Waals surface area (Å²) >= 11 is 0. The smallest absolute Gasteiger partial charge is 0.0474 e. The van der Waals surface area contributed by atoms with E-state index in [0.29, 0.717) is 12.1 Å². The third-order valence-corrected chi connectivity index (χ3v) is 3.21. The zero-order valence-corrected chi connectivity index (χ0v) is 9.54. The van der Waals surface area contributed by atoms with Crippen LogP contribution in [0.15, 0.2) is 0 Å². The third kappa shape index (κ3) is 3.56. The van der Waals surface area contributed by atoms with Crippen molar-refractivity contribution in [1.29, 1.82) is 0 Å². The molecule has 0 amide bonds. The Labute approximate surface area is 87.6 Å². The van der Waals surface area contributed by atoms with Crippen LogP contribution in [0.2, 0.25) is 0 Å². The van der Waals surface area contributed by atoms with Crippen LogP contribution in [0.4, 0.5) is 0 Å². The molecule has 2 unspecified atom stereocenters. The summed E-state index contributed by atoms with van der Waals surface area (Å²) in [4.78, 5) is 2.41. The van der Waals surface area contributed by atoms with E-state index >= 15 is 0 Å². The van der Waals surface area contributed by atoms with Crippen molar-refractivity contribution >= 4 is 0 Å². The van der Waals surface area contributed by atoms with Crippen molar-refractivity contribution in [2.75, 3.05) is 27.3 Å². The molecular formula is C11H24N2O. The normalized spacial score (nSPS) is 28.3. The molecule has 0 radical (unpaired) electrons. The van der Waals surface area contributed by atoms with Gasteiger partial charge in [-0.1, -0.05) is 12.8 Å². The molecule has 0 bridgehead atoms. The first-order valence-electron chi connectivity index (χ1n) is 5.70. The topological polar surface area (TPSA) is 38.5 Å². The van der Waals surface area contributed by atoms with Crippen LogP contribution in [0.5, 0.6) is 0 Å². The van der Waals surface area contributed by atoms with Crippen molar-refractivity contribution in [2.24, 2.45) is 5.73 Å². The van der Waals surface area contributed by atoms with Gasteiger partial charge in [0, 0.05) is 32.3 Å². The first-order chi connectivity index (χ1) is 6.75. The average molecular weight is 200 g/mol. The van der Waals surface area contributed by atoms with Crippen molar-refractivity contribution in [3.05, 3.63) is 0 Å². The minimum atomic E-state index is 0.385. The van der Waals surface area contributed by atoms with Crippen LogP contribution in [-0.4, -0.2) is 44.3 Å². The van der Waals surface area contributed by atoms with Gasteiger partial charge in [0.05, 0.1) is 0 Å². The number of likely N-dealkylation sites (N-methyl/N-ethyl adjacent to an activating group) is 1. The predicted molar refractivity (Wildman–Crippen MR) is 59.4 cm³/mol. The lowest BCUT2D eigenvalue weighted by Crippen LogP contribution is -2.48. The first kappa shape index (κ1) is 12.0. The Hall–Kier alpha value is -0.120. The largest absolute Gasteiger partial charge is 0.385 e. The van der Waals surface area contributed by atoms with Crippen molar-refractivity contribution in [3.63, 3.8) is 0 Å². The van der Waals surface area contributed by atoms with E-state index in [0.717, 1.165) is 19.6 Å². The van der Waals surface area contributed by atoms with Gasteiger partial charge in [-0.05, 0) is 26.3 Å². The molecule has 1 aliphatic rings. The number of nitrogens with two attached hydrogens (primary N) is 1. The standard InChI is InChI=1S/C11H24N2O/c1-13(8-5-9-14-2)11-7-4-3-6-10(11)12/h10-11H,3-9,12H2,1-2H3. The second kappa shape index (κ2) is 6.38. The van der Waals surface area contributed by atoms with Crippen molar-refractivity contribution in [1.82, 2.24) is 4.90 Å². The number of hydrogen-bond donors (Lipinski definition) is 1. The molecule has 0 aromatic rings. The lowest BCUT2D eigenvalue weighted by Gasteiger charge is -2.36. The number of methoxy groups -OCH3 is 1. The van der Waals surface area contributed by atoms with Crippen molar-refractivity contribution in [3.8, 4) is 0 Å². The van der Waals surface area contributed by atoms with Gasteiger partial charge in [-0.2, -0.15) is 0 Å². The van der Waals surface area contributed by atoms with Crippen LogP contribution in [-0.2, 0) is 4.74 Å². The predicted octanol–water partition coefficient (Wildman–Crippen LogP) is 1.22. The molecule has 1 aliphatic carbocycles. The molecule has 14 heavy (non-hydrogen) atoms. The zero-order chi connectivity index (χ0) is 10.4. The molecule has 2 N–H and O–H groups in total. The summed E-state index contributed by atoms with van der Waals surface area (Å²) in [5.74, 6) is 0. The highest BCUT2D eigenvalue weighted by atomic mass is 16.5. The Balaban J connectivity index is 2.23. The molecule has 0 heterocycles. The maximum absolute atomic E-state index is 6.11. The van der Waals surface area contributed by atoms with Gasteiger partial charge in [-0.25, -0.2) is 0 Å². The Morgan fingerprint density at radius 3 is 2.71 bits per heavy atom. The molecule has 3 heteroatoms. The fraction of sp³-hybridized carbons (Fsp3) is 1.00. The van der Waals surface area contributed by atoms with Gasteiger partial charge in [0.2, 0.25) is 0 Å². The van der Waals surface area contributed by atoms with E-state index in [-0.39, 0.29) is 0 Å². The molecule has 0 aromatic heterocycles. The van der Waals surface area contributed by atoms with Gasteiger partial charge in [-0.3, -0.25) is 0 Å². The molecule has 1 rings (SSSR count). The maximum Gasteiger partial charge on any atom is 0.0474 e. The summed E-state index contributed by atoms with van der Waals surface area (Å²) in [6.45, 7) is 1.96. The van der Waals surface area contributed by atoms with Crippen LogP contribution in [0, 0.1) is 0 Å². The SMILES string of the molecule is COCCCN(C)C1CCCCC1N. The van der Waals surface area contributed by atoms with Gasteiger partial charge >= 0.3 is 0 Å². The van der Waals surface area contributed by atoms with E-state index in [1.54, 1.807) is 7.11 Å². The van der Waals surface area contributed by atoms with Crippen molar-refractivity contribution in [2.45, 2.75) is 44.2 Å². The molecule has 0 saturated heterocycles. The van der Waals surface area contributed by atoms with Gasteiger partial charge in [0.1, 0.15) is 0 Å². The van der Waals surface area contributed by atoms with E-state index < -0.39 is 0 Å². The molecule has 3 nitrogen and oxygen atoms in total. The molecule has 84 valence electrons. The Bertz CT molecular complexity index is 152. The summed E-state index contributed by atoms with van der Waals surface area (Å²) < 4.78 is 5.05. The van der Waals surface area contributed by atoms with E-state index in [1.165, 1.54) is 25.7 Å². The van der Waals surface area contributed by atoms with Gasteiger partial charge in [0.25, 0.3) is 0 Å². The summed E-state index contributed by atoms with van der Waals surface area (Å²) in [7, 11) is 3.94. The Kier molecular flexibility index (Phi) is 5.45. The fourth-order valence-electron chi connectivity index (χ4n) is 2.31. The molecule has 0 spiro atoms. The monoisotopic (exact) mass is 200 g/mol. The minimum absolute atomic E-state index is 0.385. The number of nitrogens with zero attached hydrogens (tertiary/aromatic N) is 1. The van der Waals surface area contributed by atoms with Crippen LogP contribution in [0.1, 0.15) is 32.1 Å². The lowest BCUT2D eigenvalue weighted by molar-refractivity contribution is 0.139. The summed E-state index contributed by atoms with van der Waals surface area (Å²) in [6, 6.07) is 0.983. The van der Waals surface area contributed by atoms with Crippen LogP contribution >= 0.6 is 0 Å². The minimum Gasteiger partial charge on any atom is -0.385 e. The Morgan fingerprint density at radius 2 is 2.07 bits per heavy atom. The maximum atomic E-state index is 6.11. The third-order valence-electron chi connectivity index (χ3n) is 3.21. The summed E-state index contributed by atoms with van der Waals surface area (Å²) in [5, 5.41) is 0. The quantitative estimate of drug-likeness (QED) is 0.678. The number of hydrogen-bond acceptors (Lipinski definition) is 3. The van der Waals surface area contributed by atoms with Crippen LogP contribution < -0.4 is 5.73 Å². The highest BCUT2D eigenvalue weighted by Crippen LogP contribution is 2.20. The number of rotatable bonds is 5. The van der Waals surface area contributed by atoms with E-state index in [9.17, 15) is 0 Å². The average Bonchev–Trinajstić information content (AvgIpc) is 2.18. The van der Waals surface area contributed by atoms with Crippen LogP contribution in [0.25, 0.3) is 0 Å². The van der Waals surface area contributed by atoms with Gasteiger partial charge in [0.15, 0.2) is 0 Å². The van der Waals surface area contributed by atoms with E-state index in [4.69, 9.17) is 10.5 Å². The van der Waals surface area contributed by atoms with E-state index in [2.05, 4.69) is 11.9 Å². The highest BCUT2D eigenvalue weighted by Gasteiger charge is 2.24. The molecule has 1 saturated carbocycles. The fourth-order valence-corrected chi connectivity index (χ4v) is 2.31. The zero-order valence-electron chi connectivity index (χ0n) is 9.54. The van der Waals surface area contributed by atoms with Crippen LogP contribution in [0.3, 0.4) is 0 Å². The molecule has 1 fully saturated rings. The molecule has 2 atom stereocenters. The van der Waals surface area contributed by atoms with E-state index in [1.807, 2.05) is 0 Å². The molecular weight excluding hydrogens is 176 g/mol. The first-order valence-corrected chi connectivity index (χ1v) is 5.70. The Morgan fingerprint density at radius 1 is 1.36 bits per heavy atom. The summed E-state index contributed by atoms with van der Waals surface area (Å²) in [6.07, 6.45) is 6.22. The second-order valence-corrected chi connectivity index (χ2v) is 4.34. The number of ether oxygens (including phenoxy) is 1. The lowest BCUT2D eigenvalue weighted by atomic mass is 9.90.